The van der Waals surface area contributed by atoms with E-state index in [0.717, 1.165) is 38.3 Å². The molecule has 0 radical (unpaired) electrons. The van der Waals surface area contributed by atoms with Gasteiger partial charge in [-0.05, 0) is 44.2 Å². The van der Waals surface area contributed by atoms with Crippen molar-refractivity contribution in [1.29, 1.82) is 0 Å². The van der Waals surface area contributed by atoms with Crippen LogP contribution in [0.3, 0.4) is 0 Å². The van der Waals surface area contributed by atoms with Crippen molar-refractivity contribution in [1.82, 2.24) is 10.3 Å². The third-order valence-electron chi connectivity index (χ3n) is 3.69. The molecule has 0 aromatic carbocycles. The van der Waals surface area contributed by atoms with Gasteiger partial charge >= 0.3 is 0 Å². The fourth-order valence-corrected chi connectivity index (χ4v) is 2.45. The van der Waals surface area contributed by atoms with Crippen LogP contribution in [0.1, 0.15) is 38.2 Å². The first-order valence-corrected chi connectivity index (χ1v) is 7.33. The van der Waals surface area contributed by atoms with E-state index in [1.54, 1.807) is 0 Å². The van der Waals surface area contributed by atoms with Gasteiger partial charge < -0.3 is 15.3 Å². The van der Waals surface area contributed by atoms with E-state index in [1.807, 2.05) is 6.20 Å². The molecule has 0 amide bonds. The third kappa shape index (κ3) is 4.48. The summed E-state index contributed by atoms with van der Waals surface area (Å²) in [5, 5.41) is 12.3. The smallest absolute Gasteiger partial charge is 0.128 e. The molecule has 1 atom stereocenters. The first-order valence-electron chi connectivity index (χ1n) is 7.33. The highest BCUT2D eigenvalue weighted by Gasteiger charge is 2.12. The Kier molecular flexibility index (Phi) is 5.61. The van der Waals surface area contributed by atoms with Gasteiger partial charge in [0.1, 0.15) is 5.82 Å². The second kappa shape index (κ2) is 7.46. The van der Waals surface area contributed by atoms with Gasteiger partial charge in [0.25, 0.3) is 0 Å². The van der Waals surface area contributed by atoms with Gasteiger partial charge in [0, 0.05) is 38.5 Å². The summed E-state index contributed by atoms with van der Waals surface area (Å²) in [5.74, 6) is 1.11. The van der Waals surface area contributed by atoms with Crippen LogP contribution in [0.15, 0.2) is 18.3 Å². The van der Waals surface area contributed by atoms with Crippen LogP contribution < -0.4 is 10.2 Å². The maximum absolute atomic E-state index is 8.79. The summed E-state index contributed by atoms with van der Waals surface area (Å²) in [6.45, 7) is 5.56. The number of hydrogen-bond acceptors (Lipinski definition) is 4. The van der Waals surface area contributed by atoms with Crippen LogP contribution >= 0.6 is 0 Å². The lowest BCUT2D eigenvalue weighted by Crippen LogP contribution is -2.25. The van der Waals surface area contributed by atoms with Crippen molar-refractivity contribution in [2.75, 3.05) is 24.6 Å². The molecule has 2 rings (SSSR count). The summed E-state index contributed by atoms with van der Waals surface area (Å²) in [5.41, 5.74) is 1.22. The summed E-state index contributed by atoms with van der Waals surface area (Å²) in [7, 11) is 0. The van der Waals surface area contributed by atoms with Crippen LogP contribution in [-0.4, -0.2) is 35.8 Å². The number of nitrogens with zero attached hydrogens (tertiary/aromatic N) is 2. The van der Waals surface area contributed by atoms with Gasteiger partial charge in [-0.25, -0.2) is 4.98 Å². The number of anilines is 1. The maximum Gasteiger partial charge on any atom is 0.128 e. The van der Waals surface area contributed by atoms with Crippen LogP contribution in [-0.2, 0) is 6.54 Å². The standard InChI is InChI=1S/C15H25N3O/c1-13(5-4-10-19)16-11-14-6-7-15(17-12-14)18-8-2-3-9-18/h6-7,12-13,16,19H,2-5,8-11H2,1H3. The van der Waals surface area contributed by atoms with Gasteiger partial charge in [0.15, 0.2) is 0 Å². The van der Waals surface area contributed by atoms with E-state index in [-0.39, 0.29) is 6.61 Å². The summed E-state index contributed by atoms with van der Waals surface area (Å²) < 4.78 is 0. The van der Waals surface area contributed by atoms with Gasteiger partial charge in [0.05, 0.1) is 0 Å². The Bertz CT molecular complexity index is 360. The summed E-state index contributed by atoms with van der Waals surface area (Å²) in [4.78, 5) is 6.90. The highest BCUT2D eigenvalue weighted by Crippen LogP contribution is 2.17. The number of aliphatic hydroxyl groups is 1. The Morgan fingerprint density at radius 1 is 1.37 bits per heavy atom. The number of nitrogens with one attached hydrogen (secondary N) is 1. The predicted molar refractivity (Wildman–Crippen MR) is 78.3 cm³/mol. The molecule has 1 fully saturated rings. The van der Waals surface area contributed by atoms with Crippen molar-refractivity contribution in [3.8, 4) is 0 Å². The maximum atomic E-state index is 8.79. The van der Waals surface area contributed by atoms with Gasteiger partial charge in [-0.15, -0.1) is 0 Å². The fraction of sp³-hybridized carbons (Fsp3) is 0.667. The van der Waals surface area contributed by atoms with E-state index in [4.69, 9.17) is 5.11 Å². The first-order chi connectivity index (χ1) is 9.29. The van der Waals surface area contributed by atoms with Crippen LogP contribution in [0.25, 0.3) is 0 Å². The molecule has 1 aliphatic heterocycles. The average Bonchev–Trinajstić information content (AvgIpc) is 2.97. The Hall–Kier alpha value is -1.13. The molecule has 19 heavy (non-hydrogen) atoms. The molecule has 2 N–H and O–H groups in total. The SMILES string of the molecule is CC(CCCO)NCc1ccc(N2CCCC2)nc1. The zero-order valence-electron chi connectivity index (χ0n) is 11.8. The Balaban J connectivity index is 1.78. The molecule has 0 aliphatic carbocycles. The molecule has 0 bridgehead atoms. The lowest BCUT2D eigenvalue weighted by Gasteiger charge is -2.17. The topological polar surface area (TPSA) is 48.4 Å². The largest absolute Gasteiger partial charge is 0.396 e. The van der Waals surface area contributed by atoms with E-state index in [1.165, 1.54) is 18.4 Å². The quantitative estimate of drug-likeness (QED) is 0.789. The molecule has 2 heterocycles. The second-order valence-corrected chi connectivity index (χ2v) is 5.37. The van der Waals surface area contributed by atoms with Crippen molar-refractivity contribution >= 4 is 5.82 Å². The molecule has 1 saturated heterocycles. The minimum Gasteiger partial charge on any atom is -0.396 e. The minimum atomic E-state index is 0.276. The summed E-state index contributed by atoms with van der Waals surface area (Å²) in [6.07, 6.45) is 6.41. The van der Waals surface area contributed by atoms with E-state index in [2.05, 4.69) is 34.3 Å². The van der Waals surface area contributed by atoms with Crippen molar-refractivity contribution in [3.05, 3.63) is 23.9 Å². The zero-order valence-corrected chi connectivity index (χ0v) is 11.8. The summed E-state index contributed by atoms with van der Waals surface area (Å²) >= 11 is 0. The van der Waals surface area contributed by atoms with E-state index in [9.17, 15) is 0 Å². The zero-order chi connectivity index (χ0) is 13.5. The molecule has 0 spiro atoms. The predicted octanol–water partition coefficient (Wildman–Crippen LogP) is 1.93. The van der Waals surface area contributed by atoms with E-state index >= 15 is 0 Å². The molecule has 1 unspecified atom stereocenters. The fourth-order valence-electron chi connectivity index (χ4n) is 2.45. The Morgan fingerprint density at radius 3 is 2.79 bits per heavy atom. The highest BCUT2D eigenvalue weighted by atomic mass is 16.2. The second-order valence-electron chi connectivity index (χ2n) is 5.37. The van der Waals surface area contributed by atoms with Crippen LogP contribution in [0, 0.1) is 0 Å². The van der Waals surface area contributed by atoms with Gasteiger partial charge in [-0.2, -0.15) is 0 Å². The molecule has 1 aromatic heterocycles. The van der Waals surface area contributed by atoms with Crippen LogP contribution in [0.2, 0.25) is 0 Å². The Labute approximate surface area is 115 Å². The lowest BCUT2D eigenvalue weighted by atomic mass is 10.2. The first kappa shape index (κ1) is 14.3. The number of aliphatic hydroxyl groups excluding tert-OH is 1. The number of rotatable bonds is 7. The Morgan fingerprint density at radius 2 is 2.16 bits per heavy atom. The number of hydrogen-bond donors (Lipinski definition) is 2. The van der Waals surface area contributed by atoms with E-state index < -0.39 is 0 Å². The molecule has 1 aromatic rings. The molecule has 106 valence electrons. The van der Waals surface area contributed by atoms with Crippen molar-refractivity contribution in [2.45, 2.75) is 45.2 Å². The lowest BCUT2D eigenvalue weighted by molar-refractivity contribution is 0.276. The molecule has 0 saturated carbocycles. The molecule has 1 aliphatic rings. The van der Waals surface area contributed by atoms with Crippen molar-refractivity contribution in [3.63, 3.8) is 0 Å². The molecular formula is C15H25N3O. The van der Waals surface area contributed by atoms with Gasteiger partial charge in [0.2, 0.25) is 0 Å². The molecular weight excluding hydrogens is 238 g/mol. The van der Waals surface area contributed by atoms with E-state index in [0.29, 0.717) is 6.04 Å². The number of pyridine rings is 1. The normalized spacial score (nSPS) is 16.8. The van der Waals surface area contributed by atoms with Crippen molar-refractivity contribution in [2.24, 2.45) is 0 Å². The molecule has 4 nitrogen and oxygen atoms in total. The average molecular weight is 263 g/mol. The van der Waals surface area contributed by atoms with Gasteiger partial charge in [-0.3, -0.25) is 0 Å². The van der Waals surface area contributed by atoms with Crippen LogP contribution in [0.4, 0.5) is 5.82 Å². The highest BCUT2D eigenvalue weighted by molar-refractivity contribution is 5.40. The summed E-state index contributed by atoms with van der Waals surface area (Å²) in [6, 6.07) is 4.72. The monoisotopic (exact) mass is 263 g/mol. The third-order valence-corrected chi connectivity index (χ3v) is 3.69. The van der Waals surface area contributed by atoms with Crippen molar-refractivity contribution < 1.29 is 5.11 Å². The molecule has 4 heteroatoms. The van der Waals surface area contributed by atoms with Crippen LogP contribution in [0.5, 0.6) is 0 Å². The number of aromatic nitrogens is 1. The van der Waals surface area contributed by atoms with Gasteiger partial charge in [-0.1, -0.05) is 6.07 Å². The minimum absolute atomic E-state index is 0.276.